The lowest BCUT2D eigenvalue weighted by Crippen LogP contribution is -2.16. The molecule has 10 heavy (non-hydrogen) atoms. The van der Waals surface area contributed by atoms with Gasteiger partial charge in [-0.1, -0.05) is 6.92 Å². The molecule has 0 fully saturated rings. The summed E-state index contributed by atoms with van der Waals surface area (Å²) in [5, 5.41) is 16.6. The van der Waals surface area contributed by atoms with Gasteiger partial charge in [0, 0.05) is 0 Å². The summed E-state index contributed by atoms with van der Waals surface area (Å²) in [6, 6.07) is 0. The summed E-state index contributed by atoms with van der Waals surface area (Å²) < 4.78 is 0. The van der Waals surface area contributed by atoms with E-state index in [-0.39, 0.29) is 6.42 Å². The van der Waals surface area contributed by atoms with Crippen molar-refractivity contribution >= 4 is 11.9 Å². The number of carbonyl (C=O) groups is 2. The summed E-state index contributed by atoms with van der Waals surface area (Å²) in [5.74, 6) is -2.84. The normalized spacial score (nSPS) is 12.5. The van der Waals surface area contributed by atoms with E-state index in [0.717, 1.165) is 0 Å². The second-order valence-corrected chi connectivity index (χ2v) is 2.04. The Labute approximate surface area is 58.5 Å². The van der Waals surface area contributed by atoms with Crippen LogP contribution in [0.15, 0.2) is 0 Å². The van der Waals surface area contributed by atoms with E-state index in [9.17, 15) is 9.59 Å². The highest BCUT2D eigenvalue weighted by atomic mass is 16.4. The van der Waals surface area contributed by atoms with Gasteiger partial charge in [0.25, 0.3) is 0 Å². The Hall–Kier alpha value is -1.06. The smallest absolute Gasteiger partial charge is 0.307 e. The zero-order valence-corrected chi connectivity index (χ0v) is 5.70. The number of hydrogen-bond acceptors (Lipinski definition) is 2. The molecule has 4 heteroatoms. The van der Waals surface area contributed by atoms with Crippen LogP contribution in [0.4, 0.5) is 0 Å². The first-order valence-corrected chi connectivity index (χ1v) is 3.02. The standard InChI is InChI=1S/C6H10O4/c1-2-4(6(9)10)3-5(7)8/h4H,2-3H2,1H3,(H,7,8)(H,9,10)/t4-/m0/s1. The van der Waals surface area contributed by atoms with Crippen molar-refractivity contribution in [3.63, 3.8) is 0 Å². The van der Waals surface area contributed by atoms with Crippen molar-refractivity contribution in [1.29, 1.82) is 0 Å². The average Bonchev–Trinajstić information content (AvgIpc) is 1.81. The third-order valence-corrected chi connectivity index (χ3v) is 1.26. The quantitative estimate of drug-likeness (QED) is 0.608. The molecule has 0 saturated carbocycles. The maximum absolute atomic E-state index is 10.2. The predicted molar refractivity (Wildman–Crippen MR) is 33.7 cm³/mol. The molecule has 0 heterocycles. The molecule has 0 aromatic rings. The number of carboxylic acid groups (broad SMARTS) is 2. The molecule has 2 N–H and O–H groups in total. The lowest BCUT2D eigenvalue weighted by atomic mass is 10.0. The van der Waals surface area contributed by atoms with Crippen LogP contribution in [0.5, 0.6) is 0 Å². The minimum Gasteiger partial charge on any atom is -0.481 e. The summed E-state index contributed by atoms with van der Waals surface area (Å²) >= 11 is 0. The van der Waals surface area contributed by atoms with Gasteiger partial charge in [0.2, 0.25) is 0 Å². The van der Waals surface area contributed by atoms with Crippen molar-refractivity contribution in [3.05, 3.63) is 0 Å². The Morgan fingerprint density at radius 1 is 1.40 bits per heavy atom. The van der Waals surface area contributed by atoms with Gasteiger partial charge in [0.05, 0.1) is 12.3 Å². The molecule has 0 unspecified atom stereocenters. The van der Waals surface area contributed by atoms with Gasteiger partial charge in [0.15, 0.2) is 0 Å². The van der Waals surface area contributed by atoms with Crippen molar-refractivity contribution < 1.29 is 19.8 Å². The van der Waals surface area contributed by atoms with E-state index < -0.39 is 17.9 Å². The summed E-state index contributed by atoms with van der Waals surface area (Å²) in [7, 11) is 0. The first-order valence-electron chi connectivity index (χ1n) is 3.02. The van der Waals surface area contributed by atoms with Crippen LogP contribution in [0, 0.1) is 5.92 Å². The molecular weight excluding hydrogens is 136 g/mol. The molecule has 0 aliphatic carbocycles. The number of rotatable bonds is 4. The first-order chi connectivity index (χ1) is 4.57. The van der Waals surface area contributed by atoms with E-state index in [1.54, 1.807) is 6.92 Å². The van der Waals surface area contributed by atoms with E-state index >= 15 is 0 Å². The minimum absolute atomic E-state index is 0.286. The van der Waals surface area contributed by atoms with Gasteiger partial charge in [-0.3, -0.25) is 9.59 Å². The molecule has 0 spiro atoms. The van der Waals surface area contributed by atoms with Crippen LogP contribution < -0.4 is 0 Å². The van der Waals surface area contributed by atoms with Gasteiger partial charge in [-0.25, -0.2) is 0 Å². The minimum atomic E-state index is -1.06. The van der Waals surface area contributed by atoms with Crippen LogP contribution in [0.25, 0.3) is 0 Å². The van der Waals surface area contributed by atoms with Crippen LogP contribution in [0.2, 0.25) is 0 Å². The molecule has 4 nitrogen and oxygen atoms in total. The number of aliphatic carboxylic acids is 2. The van der Waals surface area contributed by atoms with Gasteiger partial charge in [-0.2, -0.15) is 0 Å². The van der Waals surface area contributed by atoms with Gasteiger partial charge in [-0.05, 0) is 6.42 Å². The molecule has 0 aromatic carbocycles. The Bertz CT molecular complexity index is 141. The zero-order valence-electron chi connectivity index (χ0n) is 5.70. The van der Waals surface area contributed by atoms with E-state index in [4.69, 9.17) is 10.2 Å². The summed E-state index contributed by atoms with van der Waals surface area (Å²) in [6.45, 7) is 1.65. The molecule has 0 saturated heterocycles. The van der Waals surface area contributed by atoms with Crippen molar-refractivity contribution in [3.8, 4) is 0 Å². The van der Waals surface area contributed by atoms with Crippen molar-refractivity contribution in [1.82, 2.24) is 0 Å². The molecule has 0 aromatic heterocycles. The van der Waals surface area contributed by atoms with Crippen LogP contribution in [-0.4, -0.2) is 22.2 Å². The molecule has 0 aliphatic heterocycles. The topological polar surface area (TPSA) is 74.6 Å². The highest BCUT2D eigenvalue weighted by Crippen LogP contribution is 2.07. The first kappa shape index (κ1) is 8.94. The molecule has 0 rings (SSSR count). The lowest BCUT2D eigenvalue weighted by molar-refractivity contribution is -0.148. The molecule has 58 valence electrons. The SMILES string of the molecule is CC[C@@H](CC(=O)O)C(=O)O. The van der Waals surface area contributed by atoms with Gasteiger partial charge >= 0.3 is 11.9 Å². The third-order valence-electron chi connectivity index (χ3n) is 1.26. The third kappa shape index (κ3) is 3.06. The summed E-state index contributed by atoms with van der Waals surface area (Å²) in [6.07, 6.45) is 0.0769. The molecule has 0 radical (unpaired) electrons. The Kier molecular flexibility index (Phi) is 3.46. The average molecular weight is 146 g/mol. The Balaban J connectivity index is 3.83. The Morgan fingerprint density at radius 2 is 1.90 bits per heavy atom. The van der Waals surface area contributed by atoms with E-state index in [1.807, 2.05) is 0 Å². The second kappa shape index (κ2) is 3.87. The fraction of sp³-hybridized carbons (Fsp3) is 0.667. The van der Waals surface area contributed by atoms with Gasteiger partial charge in [-0.15, -0.1) is 0 Å². The van der Waals surface area contributed by atoms with E-state index in [2.05, 4.69) is 0 Å². The van der Waals surface area contributed by atoms with Gasteiger partial charge < -0.3 is 10.2 Å². The van der Waals surface area contributed by atoms with Crippen LogP contribution in [0.1, 0.15) is 19.8 Å². The molecular formula is C6H10O4. The molecule has 0 amide bonds. The van der Waals surface area contributed by atoms with Crippen LogP contribution in [0.3, 0.4) is 0 Å². The van der Waals surface area contributed by atoms with Crippen LogP contribution >= 0.6 is 0 Å². The fourth-order valence-electron chi connectivity index (χ4n) is 0.617. The number of carboxylic acids is 2. The highest BCUT2D eigenvalue weighted by Gasteiger charge is 2.17. The Morgan fingerprint density at radius 3 is 2.00 bits per heavy atom. The van der Waals surface area contributed by atoms with Crippen molar-refractivity contribution in [2.75, 3.05) is 0 Å². The largest absolute Gasteiger partial charge is 0.481 e. The van der Waals surface area contributed by atoms with Crippen molar-refractivity contribution in [2.45, 2.75) is 19.8 Å². The summed E-state index contributed by atoms with van der Waals surface area (Å²) in [5.41, 5.74) is 0. The van der Waals surface area contributed by atoms with Gasteiger partial charge in [0.1, 0.15) is 0 Å². The van der Waals surface area contributed by atoms with E-state index in [0.29, 0.717) is 6.42 Å². The summed E-state index contributed by atoms with van der Waals surface area (Å²) in [4.78, 5) is 20.2. The fourth-order valence-corrected chi connectivity index (χ4v) is 0.617. The second-order valence-electron chi connectivity index (χ2n) is 2.04. The number of hydrogen-bond donors (Lipinski definition) is 2. The maximum Gasteiger partial charge on any atom is 0.307 e. The maximum atomic E-state index is 10.2. The lowest BCUT2D eigenvalue weighted by Gasteiger charge is -2.03. The predicted octanol–water partition coefficient (Wildman–Crippen LogP) is 0.572. The molecule has 0 aliphatic rings. The monoisotopic (exact) mass is 146 g/mol. The highest BCUT2D eigenvalue weighted by molar-refractivity contribution is 5.77. The zero-order chi connectivity index (χ0) is 8.15. The van der Waals surface area contributed by atoms with Crippen LogP contribution in [-0.2, 0) is 9.59 Å². The van der Waals surface area contributed by atoms with E-state index in [1.165, 1.54) is 0 Å². The molecule has 0 bridgehead atoms. The molecule has 1 atom stereocenters. The van der Waals surface area contributed by atoms with Crippen molar-refractivity contribution in [2.24, 2.45) is 5.92 Å².